The van der Waals surface area contributed by atoms with Crippen LogP contribution in [0.4, 0.5) is 0 Å². The van der Waals surface area contributed by atoms with Crippen LogP contribution in [-0.2, 0) is 16.9 Å². The zero-order valence-electron chi connectivity index (χ0n) is 17.1. The molecular formula is C23H23Cl3N2O2S. The molecule has 0 radical (unpaired) electrons. The summed E-state index contributed by atoms with van der Waals surface area (Å²) in [6.45, 7) is 4.21. The van der Waals surface area contributed by atoms with E-state index in [2.05, 4.69) is 4.98 Å². The van der Waals surface area contributed by atoms with Crippen LogP contribution in [0.3, 0.4) is 0 Å². The van der Waals surface area contributed by atoms with Gasteiger partial charge in [-0.15, -0.1) is 0 Å². The third-order valence-electron chi connectivity index (χ3n) is 5.04. The van der Waals surface area contributed by atoms with E-state index < -0.39 is 5.60 Å². The maximum atomic E-state index is 13.2. The summed E-state index contributed by atoms with van der Waals surface area (Å²) in [5.74, 6) is -0.107. The summed E-state index contributed by atoms with van der Waals surface area (Å²) in [5, 5.41) is 13.1. The zero-order valence-corrected chi connectivity index (χ0v) is 20.2. The Labute approximate surface area is 201 Å². The number of hydrogen-bond donors (Lipinski definition) is 1. The minimum absolute atomic E-state index is 0.0218. The second-order valence-corrected chi connectivity index (χ2v) is 10.0. The summed E-state index contributed by atoms with van der Waals surface area (Å²) in [6.07, 6.45) is 5.01. The van der Waals surface area contributed by atoms with Gasteiger partial charge in [-0.1, -0.05) is 78.6 Å². The smallest absolute Gasteiger partial charge is 0.196 e. The van der Waals surface area contributed by atoms with E-state index >= 15 is 0 Å². The van der Waals surface area contributed by atoms with Gasteiger partial charge in [-0.2, -0.15) is 0 Å². The molecule has 0 amide bonds. The van der Waals surface area contributed by atoms with Crippen LogP contribution in [0.15, 0.2) is 61.2 Å². The second kappa shape index (κ2) is 10.4. The number of imidazole rings is 1. The zero-order chi connectivity index (χ0) is 22.6. The maximum Gasteiger partial charge on any atom is 0.196 e. The van der Waals surface area contributed by atoms with Crippen molar-refractivity contribution in [2.45, 2.75) is 31.9 Å². The van der Waals surface area contributed by atoms with E-state index in [0.717, 1.165) is 17.3 Å². The van der Waals surface area contributed by atoms with Gasteiger partial charge < -0.3 is 9.67 Å². The molecule has 164 valence electrons. The fourth-order valence-electron chi connectivity index (χ4n) is 3.50. The number of aliphatic hydroxyl groups is 1. The topological polar surface area (TPSA) is 55.1 Å². The van der Waals surface area contributed by atoms with Gasteiger partial charge in [0.25, 0.3) is 0 Å². The van der Waals surface area contributed by atoms with Crippen molar-refractivity contribution in [3.05, 3.63) is 87.4 Å². The molecule has 31 heavy (non-hydrogen) atoms. The minimum atomic E-state index is -1.40. The number of carbonyl (C=O) groups excluding carboxylic acids is 1. The first-order chi connectivity index (χ1) is 14.7. The van der Waals surface area contributed by atoms with E-state index in [1.54, 1.807) is 53.6 Å². The molecule has 0 saturated carbocycles. The molecule has 0 aliphatic carbocycles. The van der Waals surface area contributed by atoms with E-state index in [4.69, 9.17) is 34.8 Å². The van der Waals surface area contributed by atoms with Gasteiger partial charge in [-0.3, -0.25) is 4.79 Å². The summed E-state index contributed by atoms with van der Waals surface area (Å²) < 4.78 is 1.76. The van der Waals surface area contributed by atoms with Gasteiger partial charge in [0.15, 0.2) is 5.12 Å². The van der Waals surface area contributed by atoms with Crippen molar-refractivity contribution in [3.8, 4) is 0 Å². The fourth-order valence-corrected chi connectivity index (χ4v) is 5.43. The van der Waals surface area contributed by atoms with Crippen molar-refractivity contribution in [2.75, 3.05) is 5.75 Å². The van der Waals surface area contributed by atoms with Crippen molar-refractivity contribution in [2.24, 2.45) is 5.92 Å². The van der Waals surface area contributed by atoms with E-state index in [-0.39, 0.29) is 29.2 Å². The number of thioether (sulfide) groups is 1. The average molecular weight is 498 g/mol. The Balaban J connectivity index is 1.86. The predicted molar refractivity (Wildman–Crippen MR) is 129 cm³/mol. The molecule has 0 saturated heterocycles. The highest BCUT2D eigenvalue weighted by Crippen LogP contribution is 2.37. The molecule has 3 aromatic rings. The molecule has 1 aromatic heterocycles. The van der Waals surface area contributed by atoms with Crippen LogP contribution in [0.5, 0.6) is 0 Å². The molecule has 2 atom stereocenters. The van der Waals surface area contributed by atoms with Gasteiger partial charge in [-0.05, 0) is 35.7 Å². The molecule has 0 bridgehead atoms. The van der Waals surface area contributed by atoms with Crippen LogP contribution < -0.4 is 0 Å². The minimum Gasteiger partial charge on any atom is -0.382 e. The maximum absolute atomic E-state index is 13.2. The molecule has 2 unspecified atom stereocenters. The lowest BCUT2D eigenvalue weighted by atomic mass is 9.90. The lowest BCUT2D eigenvalue weighted by Crippen LogP contribution is -2.35. The Morgan fingerprint density at radius 3 is 2.39 bits per heavy atom. The highest BCUT2D eigenvalue weighted by molar-refractivity contribution is 8.13. The van der Waals surface area contributed by atoms with Crippen LogP contribution in [0.2, 0.25) is 15.1 Å². The monoisotopic (exact) mass is 496 g/mol. The summed E-state index contributed by atoms with van der Waals surface area (Å²) in [5.41, 5.74) is 0.0178. The van der Waals surface area contributed by atoms with Crippen LogP contribution in [-0.4, -0.2) is 25.5 Å². The van der Waals surface area contributed by atoms with Crippen molar-refractivity contribution < 1.29 is 9.90 Å². The second-order valence-electron chi connectivity index (χ2n) is 7.77. The largest absolute Gasteiger partial charge is 0.382 e. The third kappa shape index (κ3) is 6.05. The summed E-state index contributed by atoms with van der Waals surface area (Å²) in [4.78, 5) is 17.3. The summed E-state index contributed by atoms with van der Waals surface area (Å²) >= 11 is 19.6. The highest BCUT2D eigenvalue weighted by Gasteiger charge is 2.35. The SMILES string of the molecule is CC(C)C(C(=O)SCC(O)(Cn1ccnc1)c1ccc(Cl)cc1Cl)c1ccc(Cl)cc1. The Bertz CT molecular complexity index is 1030. The molecule has 2 aromatic carbocycles. The highest BCUT2D eigenvalue weighted by atomic mass is 35.5. The van der Waals surface area contributed by atoms with Gasteiger partial charge in [0, 0.05) is 38.8 Å². The molecule has 0 aliphatic rings. The molecule has 0 aliphatic heterocycles. The number of carbonyl (C=O) groups is 1. The number of hydrogen-bond acceptors (Lipinski definition) is 4. The number of aromatic nitrogens is 2. The summed E-state index contributed by atoms with van der Waals surface area (Å²) in [7, 11) is 0. The lowest BCUT2D eigenvalue weighted by Gasteiger charge is -2.30. The van der Waals surface area contributed by atoms with E-state index in [9.17, 15) is 9.90 Å². The molecule has 4 nitrogen and oxygen atoms in total. The predicted octanol–water partition coefficient (Wildman–Crippen LogP) is 6.43. The molecule has 1 N–H and O–H groups in total. The van der Waals surface area contributed by atoms with E-state index in [1.807, 2.05) is 26.0 Å². The van der Waals surface area contributed by atoms with Crippen molar-refractivity contribution in [1.29, 1.82) is 0 Å². The first-order valence-electron chi connectivity index (χ1n) is 9.75. The number of rotatable bonds is 8. The van der Waals surface area contributed by atoms with Crippen molar-refractivity contribution in [1.82, 2.24) is 9.55 Å². The fraction of sp³-hybridized carbons (Fsp3) is 0.304. The first kappa shape index (κ1) is 24.1. The van der Waals surface area contributed by atoms with Gasteiger partial charge in [0.2, 0.25) is 0 Å². The molecule has 3 rings (SSSR count). The van der Waals surface area contributed by atoms with Crippen LogP contribution in [0, 0.1) is 5.92 Å². The van der Waals surface area contributed by atoms with Gasteiger partial charge in [0.05, 0.1) is 18.8 Å². The quantitative estimate of drug-likeness (QED) is 0.389. The molecule has 0 fully saturated rings. The standard InChI is InChI=1S/C23H23Cl3N2O2S/c1-15(2)21(16-3-5-17(24)6-4-16)22(29)31-13-23(30,12-28-10-9-27-14-28)19-8-7-18(25)11-20(19)26/h3-11,14-15,21,30H,12-13H2,1-2H3. The average Bonchev–Trinajstić information content (AvgIpc) is 3.20. The van der Waals surface area contributed by atoms with Gasteiger partial charge >= 0.3 is 0 Å². The van der Waals surface area contributed by atoms with Crippen LogP contribution in [0.1, 0.15) is 30.9 Å². The van der Waals surface area contributed by atoms with Gasteiger partial charge in [0.1, 0.15) is 5.60 Å². The van der Waals surface area contributed by atoms with Crippen molar-refractivity contribution >= 4 is 51.7 Å². The molecule has 1 heterocycles. The first-order valence-corrected chi connectivity index (χ1v) is 11.9. The Morgan fingerprint density at radius 1 is 1.13 bits per heavy atom. The van der Waals surface area contributed by atoms with Crippen molar-refractivity contribution in [3.63, 3.8) is 0 Å². The number of benzene rings is 2. The van der Waals surface area contributed by atoms with Gasteiger partial charge in [-0.25, -0.2) is 4.98 Å². The number of halogens is 3. The Morgan fingerprint density at radius 2 is 1.81 bits per heavy atom. The van der Waals surface area contributed by atoms with E-state index in [1.165, 1.54) is 0 Å². The normalized spacial score (nSPS) is 14.4. The van der Waals surface area contributed by atoms with E-state index in [0.29, 0.717) is 20.6 Å². The lowest BCUT2D eigenvalue weighted by molar-refractivity contribution is -0.113. The molecule has 0 spiro atoms. The Hall–Kier alpha value is -1.50. The third-order valence-corrected chi connectivity index (χ3v) is 7.00. The number of nitrogens with zero attached hydrogens (tertiary/aromatic N) is 2. The molecular weight excluding hydrogens is 475 g/mol. The molecule has 8 heteroatoms. The van der Waals surface area contributed by atoms with Crippen LogP contribution in [0.25, 0.3) is 0 Å². The van der Waals surface area contributed by atoms with Crippen LogP contribution >= 0.6 is 46.6 Å². The Kier molecular flexibility index (Phi) is 8.11. The summed E-state index contributed by atoms with van der Waals surface area (Å²) in [6, 6.07) is 12.3.